The van der Waals surface area contributed by atoms with Gasteiger partial charge in [0, 0.05) is 0 Å². The van der Waals surface area contributed by atoms with Crippen molar-refractivity contribution in [3.8, 4) is 55.9 Å². The second kappa shape index (κ2) is 17.4. The molecule has 0 saturated heterocycles. The van der Waals surface area contributed by atoms with Crippen LogP contribution in [0.25, 0.3) is 162 Å². The number of para-hydroxylation sites is 6. The molecule has 0 saturated carbocycles. The van der Waals surface area contributed by atoms with Gasteiger partial charge in [0.2, 0.25) is 0 Å². The number of benzene rings is 14. The number of fused-ring (bicyclic) bond motifs is 13. The monoisotopic (exact) mass is 1070 g/mol. The summed E-state index contributed by atoms with van der Waals surface area (Å²) in [5.41, 5.74) is 17.3. The van der Waals surface area contributed by atoms with E-state index in [1.165, 1.54) is 151 Å². The Morgan fingerprint density at radius 1 is 0.228 bits per heavy atom. The van der Waals surface area contributed by atoms with Crippen LogP contribution in [0.4, 0.5) is 0 Å². The predicted octanol–water partition coefficient (Wildman–Crippen LogP) is 20.5. The van der Waals surface area contributed by atoms with Crippen molar-refractivity contribution in [3.63, 3.8) is 0 Å². The zero-order valence-corrected chi connectivity index (χ0v) is 44.6. The molecule has 0 amide bonds. The van der Waals surface area contributed by atoms with Crippen LogP contribution >= 0.6 is 0 Å². The molecule has 3 heteroatoms. The molecule has 79 heavy (non-hydrogen) atoms. The van der Waals surface area contributed by atoms with Gasteiger partial charge in [0.1, 0.15) is 0 Å². The van der Waals surface area contributed by atoms with Crippen LogP contribution in [0.1, 0.15) is 0 Å². The molecule has 3 heterocycles. The topological polar surface area (TPSA) is 9.86 Å². The van der Waals surface area contributed by atoms with Gasteiger partial charge in [0.25, 0.3) is 0 Å². The van der Waals surface area contributed by atoms with Gasteiger partial charge in [-0.05, 0) is 0 Å². The molecule has 366 valence electrons. The van der Waals surface area contributed by atoms with Gasteiger partial charge in [0.15, 0.2) is 0 Å². The van der Waals surface area contributed by atoms with Crippen molar-refractivity contribution in [3.05, 3.63) is 279 Å². The molecule has 17 aromatic rings. The van der Waals surface area contributed by atoms with Crippen molar-refractivity contribution < 1.29 is 0 Å². The van der Waals surface area contributed by atoms with E-state index >= 15 is 0 Å². The molecule has 0 N–H and O–H groups in total. The SMILES string of the molecule is c1ccc(-n2c3ccccc3c3cccc(-c4c5ccccc5c(-c5ccc6c(c5)[se]c5cccc(-c7c8ccccc8c(-c8cccc9c%10ccccc%10n(-c%10ccccc%10)c89)c8ccccc78)c56)c5ccccc45)c32)cc1. The number of rotatable bonds is 6. The molecule has 0 radical (unpaired) electrons. The number of nitrogens with zero attached hydrogens (tertiary/aromatic N) is 2. The summed E-state index contributed by atoms with van der Waals surface area (Å²) in [6.07, 6.45) is 0. The fraction of sp³-hybridized carbons (Fsp3) is 0. The van der Waals surface area contributed by atoms with Crippen molar-refractivity contribution in [1.82, 2.24) is 9.13 Å². The van der Waals surface area contributed by atoms with Gasteiger partial charge >= 0.3 is 404 Å². The van der Waals surface area contributed by atoms with E-state index in [-0.39, 0.29) is 14.5 Å². The molecule has 0 aliphatic rings. The fourth-order valence-electron chi connectivity index (χ4n) is 13.8. The molecule has 14 aromatic carbocycles. The maximum absolute atomic E-state index is 2.53. The minimum Gasteiger partial charge on any atom is -0.0602 e. The Morgan fingerprint density at radius 3 is 1.04 bits per heavy atom. The van der Waals surface area contributed by atoms with Crippen LogP contribution in [-0.2, 0) is 0 Å². The van der Waals surface area contributed by atoms with Crippen molar-refractivity contribution >= 4 is 120 Å². The third-order valence-corrected chi connectivity index (χ3v) is 19.2. The first kappa shape index (κ1) is 44.4. The van der Waals surface area contributed by atoms with Crippen LogP contribution in [0.2, 0.25) is 0 Å². The number of hydrogen-bond donors (Lipinski definition) is 0. The van der Waals surface area contributed by atoms with E-state index in [1.54, 1.807) is 0 Å². The molecule has 17 rings (SSSR count). The van der Waals surface area contributed by atoms with E-state index < -0.39 is 0 Å². The molecule has 2 nitrogen and oxygen atoms in total. The smallest absolute Gasteiger partial charge is 0.0602 e. The zero-order chi connectivity index (χ0) is 51.7. The minimum atomic E-state index is 0.0920. The summed E-state index contributed by atoms with van der Waals surface area (Å²) in [5, 5.41) is 17.8. The van der Waals surface area contributed by atoms with E-state index in [0.29, 0.717) is 0 Å². The van der Waals surface area contributed by atoms with Crippen LogP contribution in [-0.4, -0.2) is 23.6 Å². The van der Waals surface area contributed by atoms with Crippen LogP contribution < -0.4 is 0 Å². The van der Waals surface area contributed by atoms with Gasteiger partial charge in [-0.25, -0.2) is 0 Å². The van der Waals surface area contributed by atoms with Gasteiger partial charge in [0.05, 0.1) is 0 Å². The second-order valence-electron chi connectivity index (χ2n) is 21.0. The van der Waals surface area contributed by atoms with Crippen LogP contribution in [0.15, 0.2) is 279 Å². The summed E-state index contributed by atoms with van der Waals surface area (Å²) in [7, 11) is 0. The summed E-state index contributed by atoms with van der Waals surface area (Å²) < 4.78 is 7.80. The minimum absolute atomic E-state index is 0.0920. The maximum atomic E-state index is 2.53. The van der Waals surface area contributed by atoms with Gasteiger partial charge in [-0.15, -0.1) is 0 Å². The fourth-order valence-corrected chi connectivity index (χ4v) is 16.2. The van der Waals surface area contributed by atoms with E-state index in [4.69, 9.17) is 0 Å². The Hall–Kier alpha value is -9.76. The first-order valence-electron chi connectivity index (χ1n) is 27.3. The Bertz CT molecular complexity index is 5250. The average molecular weight is 1070 g/mol. The van der Waals surface area contributed by atoms with E-state index in [1.807, 2.05) is 0 Å². The molecule has 0 fully saturated rings. The first-order chi connectivity index (χ1) is 39.3. The average Bonchev–Trinajstić information content (AvgIpc) is 4.39. The molecule has 0 spiro atoms. The van der Waals surface area contributed by atoms with Crippen LogP contribution in [0.5, 0.6) is 0 Å². The van der Waals surface area contributed by atoms with Crippen LogP contribution in [0, 0.1) is 0 Å². The molecule has 0 unspecified atom stereocenters. The number of aromatic nitrogens is 2. The van der Waals surface area contributed by atoms with Crippen molar-refractivity contribution in [2.45, 2.75) is 0 Å². The van der Waals surface area contributed by atoms with Crippen molar-refractivity contribution in [2.24, 2.45) is 0 Å². The Kier molecular flexibility index (Phi) is 9.76. The van der Waals surface area contributed by atoms with Gasteiger partial charge in [-0.1, -0.05) is 60.7 Å². The summed E-state index contributed by atoms with van der Waals surface area (Å²) in [4.78, 5) is 0. The quantitative estimate of drug-likeness (QED) is 0.116. The zero-order valence-electron chi connectivity index (χ0n) is 42.9. The molecule has 0 aliphatic heterocycles. The first-order valence-corrected chi connectivity index (χ1v) is 29.0. The standard InChI is InChI=1S/C76H46N2Se/c1-3-22-48(23-4-1)77-66-41-17-15-26-50(66)60-36-19-39-64(75(60)77)72-54-30-9-7-28-52(54)70(53-29-8-10-31-55(53)72)47-44-45-62-69(46-47)79-68-43-21-38-63(74(62)68)71-56-32-11-13-34-58(56)73(59-35-14-12-33-57(59)71)65-40-20-37-61-51-27-16-18-42-67(51)78(76(61)65)49-24-5-2-6-25-49/h1-46H. The summed E-state index contributed by atoms with van der Waals surface area (Å²) in [6, 6.07) is 104. The molecule has 0 atom stereocenters. The third kappa shape index (κ3) is 6.46. The third-order valence-electron chi connectivity index (χ3n) is 16.9. The summed E-state index contributed by atoms with van der Waals surface area (Å²) in [5.74, 6) is 0. The Balaban J connectivity index is 0.884. The van der Waals surface area contributed by atoms with Crippen molar-refractivity contribution in [1.29, 1.82) is 0 Å². The molecule has 0 bridgehead atoms. The predicted molar refractivity (Wildman–Crippen MR) is 339 cm³/mol. The molecular weight excluding hydrogens is 1020 g/mol. The van der Waals surface area contributed by atoms with Gasteiger partial charge in [-0.3, -0.25) is 0 Å². The summed E-state index contributed by atoms with van der Waals surface area (Å²) >= 11 is 0.0920. The second-order valence-corrected chi connectivity index (χ2v) is 23.2. The molecule has 3 aromatic heterocycles. The Labute approximate surface area is 461 Å². The van der Waals surface area contributed by atoms with Gasteiger partial charge in [-0.2, -0.15) is 0 Å². The van der Waals surface area contributed by atoms with E-state index in [0.717, 1.165) is 11.4 Å². The van der Waals surface area contributed by atoms with Crippen molar-refractivity contribution in [2.75, 3.05) is 0 Å². The molecular formula is C76H46N2Se. The normalized spacial score (nSPS) is 12.1. The van der Waals surface area contributed by atoms with E-state index in [9.17, 15) is 0 Å². The summed E-state index contributed by atoms with van der Waals surface area (Å²) in [6.45, 7) is 0. The molecule has 0 aliphatic carbocycles. The number of hydrogen-bond acceptors (Lipinski definition) is 0. The Morgan fingerprint density at radius 2 is 0.582 bits per heavy atom. The van der Waals surface area contributed by atoms with Gasteiger partial charge < -0.3 is 0 Å². The van der Waals surface area contributed by atoms with E-state index in [2.05, 4.69) is 288 Å². The van der Waals surface area contributed by atoms with Crippen LogP contribution in [0.3, 0.4) is 0 Å².